The van der Waals surface area contributed by atoms with Gasteiger partial charge in [0.25, 0.3) is 0 Å². The maximum atomic E-state index is 5.24. The molecule has 1 rings (SSSR count). The molecule has 0 bridgehead atoms. The lowest BCUT2D eigenvalue weighted by atomic mass is 10.3. The van der Waals surface area contributed by atoms with Gasteiger partial charge in [-0.25, -0.2) is 0 Å². The van der Waals surface area contributed by atoms with Gasteiger partial charge in [-0.1, -0.05) is 0 Å². The van der Waals surface area contributed by atoms with Crippen molar-refractivity contribution in [3.63, 3.8) is 0 Å². The molecule has 1 atom stereocenters. The SMILES string of the molecule is CC1COCCCN1.[HH]. The summed E-state index contributed by atoms with van der Waals surface area (Å²) in [5.41, 5.74) is 0. The second-order valence-corrected chi connectivity index (χ2v) is 2.28. The van der Waals surface area contributed by atoms with E-state index >= 15 is 0 Å². The Bertz CT molecular complexity index is 62.1. The van der Waals surface area contributed by atoms with Crippen molar-refractivity contribution >= 4 is 0 Å². The predicted molar refractivity (Wildman–Crippen MR) is 35.0 cm³/mol. The van der Waals surface area contributed by atoms with Gasteiger partial charge in [0.15, 0.2) is 0 Å². The van der Waals surface area contributed by atoms with Crippen LogP contribution in [0.1, 0.15) is 14.8 Å². The first-order chi connectivity index (χ1) is 3.89. The highest BCUT2D eigenvalue weighted by Crippen LogP contribution is 1.91. The van der Waals surface area contributed by atoms with Gasteiger partial charge in [0.1, 0.15) is 0 Å². The van der Waals surface area contributed by atoms with Crippen LogP contribution in [0.3, 0.4) is 0 Å². The van der Waals surface area contributed by atoms with E-state index in [1.807, 2.05) is 0 Å². The molecule has 0 spiro atoms. The number of rotatable bonds is 0. The number of ether oxygens (including phenoxy) is 1. The van der Waals surface area contributed by atoms with Gasteiger partial charge in [-0.05, 0) is 19.9 Å². The van der Waals surface area contributed by atoms with Crippen LogP contribution in [0.25, 0.3) is 0 Å². The highest BCUT2D eigenvalue weighted by molar-refractivity contribution is 4.61. The summed E-state index contributed by atoms with van der Waals surface area (Å²) in [6.45, 7) is 5.06. The molecule has 50 valence electrons. The summed E-state index contributed by atoms with van der Waals surface area (Å²) in [4.78, 5) is 0. The first-order valence-corrected chi connectivity index (χ1v) is 3.21. The molecule has 1 heterocycles. The second kappa shape index (κ2) is 3.05. The quantitative estimate of drug-likeness (QED) is 0.502. The minimum absolute atomic E-state index is 0. The molecule has 0 saturated carbocycles. The highest BCUT2D eigenvalue weighted by Gasteiger charge is 2.03. The maximum Gasteiger partial charge on any atom is 0.0616 e. The minimum Gasteiger partial charge on any atom is -0.380 e. The lowest BCUT2D eigenvalue weighted by Gasteiger charge is -2.05. The fourth-order valence-corrected chi connectivity index (χ4v) is 0.842. The zero-order chi connectivity index (χ0) is 5.82. The van der Waals surface area contributed by atoms with Crippen LogP contribution in [0.4, 0.5) is 0 Å². The molecule has 0 aromatic carbocycles. The highest BCUT2D eigenvalue weighted by atomic mass is 16.5. The van der Waals surface area contributed by atoms with Crippen LogP contribution in [0, 0.1) is 0 Å². The standard InChI is InChI=1S/C6H13NO.H2/c1-6-5-8-4-2-3-7-6;/h6-7H,2-5H2,1H3;1H. The van der Waals surface area contributed by atoms with E-state index < -0.39 is 0 Å². The first kappa shape index (κ1) is 6.05. The average Bonchev–Trinajstić information content (AvgIpc) is 1.94. The molecule has 2 nitrogen and oxygen atoms in total. The summed E-state index contributed by atoms with van der Waals surface area (Å²) in [5, 5.41) is 3.32. The molecule has 0 aromatic rings. The molecule has 0 aliphatic carbocycles. The summed E-state index contributed by atoms with van der Waals surface area (Å²) >= 11 is 0. The Balaban J connectivity index is 0.000000640. The van der Waals surface area contributed by atoms with E-state index in [4.69, 9.17) is 4.74 Å². The smallest absolute Gasteiger partial charge is 0.0616 e. The van der Waals surface area contributed by atoms with Gasteiger partial charge in [-0.2, -0.15) is 0 Å². The lowest BCUT2D eigenvalue weighted by molar-refractivity contribution is 0.135. The third-order valence-electron chi connectivity index (χ3n) is 1.33. The lowest BCUT2D eigenvalue weighted by Crippen LogP contribution is -2.27. The molecule has 0 aromatic heterocycles. The second-order valence-electron chi connectivity index (χ2n) is 2.28. The van der Waals surface area contributed by atoms with Crippen LogP contribution in [0.15, 0.2) is 0 Å². The van der Waals surface area contributed by atoms with Crippen LogP contribution >= 0.6 is 0 Å². The van der Waals surface area contributed by atoms with E-state index in [2.05, 4.69) is 12.2 Å². The average molecular weight is 117 g/mol. The molecular weight excluding hydrogens is 102 g/mol. The fourth-order valence-electron chi connectivity index (χ4n) is 0.842. The summed E-state index contributed by atoms with van der Waals surface area (Å²) in [6.07, 6.45) is 1.16. The first-order valence-electron chi connectivity index (χ1n) is 3.21. The van der Waals surface area contributed by atoms with Gasteiger partial charge in [0.2, 0.25) is 0 Å². The third kappa shape index (κ3) is 1.80. The maximum absolute atomic E-state index is 5.24. The van der Waals surface area contributed by atoms with E-state index in [9.17, 15) is 0 Å². The van der Waals surface area contributed by atoms with Crippen molar-refractivity contribution in [1.82, 2.24) is 5.32 Å². The Morgan fingerprint density at radius 1 is 1.75 bits per heavy atom. The van der Waals surface area contributed by atoms with Crippen LogP contribution in [-0.4, -0.2) is 25.8 Å². The van der Waals surface area contributed by atoms with Crippen molar-refractivity contribution in [3.05, 3.63) is 0 Å². The van der Waals surface area contributed by atoms with Gasteiger partial charge >= 0.3 is 0 Å². The molecule has 2 heteroatoms. The molecule has 0 amide bonds. The van der Waals surface area contributed by atoms with E-state index in [-0.39, 0.29) is 1.43 Å². The number of hydrogen-bond acceptors (Lipinski definition) is 2. The molecule has 8 heavy (non-hydrogen) atoms. The zero-order valence-electron chi connectivity index (χ0n) is 5.31. The largest absolute Gasteiger partial charge is 0.380 e. The summed E-state index contributed by atoms with van der Waals surface area (Å²) in [7, 11) is 0. The number of hydrogen-bond donors (Lipinski definition) is 1. The number of nitrogens with one attached hydrogen (secondary N) is 1. The van der Waals surface area contributed by atoms with Crippen molar-refractivity contribution in [2.24, 2.45) is 0 Å². The molecule has 1 fully saturated rings. The Morgan fingerprint density at radius 2 is 2.62 bits per heavy atom. The predicted octanol–water partition coefficient (Wildman–Crippen LogP) is 0.631. The molecule has 1 N–H and O–H groups in total. The van der Waals surface area contributed by atoms with E-state index in [0.29, 0.717) is 6.04 Å². The molecular formula is C6H15NO. The van der Waals surface area contributed by atoms with Crippen LogP contribution < -0.4 is 5.32 Å². The van der Waals surface area contributed by atoms with Crippen molar-refractivity contribution < 1.29 is 6.16 Å². The Labute approximate surface area is 51.7 Å². The Kier molecular flexibility index (Phi) is 2.30. The van der Waals surface area contributed by atoms with Gasteiger partial charge in [0.05, 0.1) is 6.61 Å². The Morgan fingerprint density at radius 3 is 3.50 bits per heavy atom. The molecule has 1 aliphatic rings. The topological polar surface area (TPSA) is 21.3 Å². The van der Waals surface area contributed by atoms with Crippen molar-refractivity contribution in [1.29, 1.82) is 0 Å². The minimum atomic E-state index is 0. The summed E-state index contributed by atoms with van der Waals surface area (Å²) in [6, 6.07) is 0.553. The van der Waals surface area contributed by atoms with Crippen molar-refractivity contribution in [2.45, 2.75) is 19.4 Å². The fraction of sp³-hybridized carbons (Fsp3) is 1.00. The van der Waals surface area contributed by atoms with E-state index in [1.54, 1.807) is 0 Å². The van der Waals surface area contributed by atoms with Crippen molar-refractivity contribution in [2.75, 3.05) is 19.8 Å². The van der Waals surface area contributed by atoms with Crippen molar-refractivity contribution in [3.8, 4) is 0 Å². The molecule has 1 aliphatic heterocycles. The monoisotopic (exact) mass is 117 g/mol. The van der Waals surface area contributed by atoms with Crippen LogP contribution in [0.2, 0.25) is 0 Å². The third-order valence-corrected chi connectivity index (χ3v) is 1.33. The van der Waals surface area contributed by atoms with Gasteiger partial charge in [-0.3, -0.25) is 0 Å². The normalized spacial score (nSPS) is 31.9. The molecule has 1 saturated heterocycles. The summed E-state index contributed by atoms with van der Waals surface area (Å²) in [5.74, 6) is 0. The van der Waals surface area contributed by atoms with Gasteiger partial charge in [0, 0.05) is 14.1 Å². The van der Waals surface area contributed by atoms with E-state index in [1.165, 1.54) is 0 Å². The van der Waals surface area contributed by atoms with Crippen LogP contribution in [0.5, 0.6) is 0 Å². The summed E-state index contributed by atoms with van der Waals surface area (Å²) < 4.78 is 5.24. The van der Waals surface area contributed by atoms with Crippen LogP contribution in [-0.2, 0) is 4.74 Å². The van der Waals surface area contributed by atoms with Gasteiger partial charge < -0.3 is 10.1 Å². The van der Waals surface area contributed by atoms with E-state index in [0.717, 1.165) is 26.2 Å². The zero-order valence-corrected chi connectivity index (χ0v) is 5.31. The molecule has 0 radical (unpaired) electrons. The Hall–Kier alpha value is -0.0800. The van der Waals surface area contributed by atoms with Gasteiger partial charge in [-0.15, -0.1) is 0 Å². The molecule has 1 unspecified atom stereocenters.